The number of hydrogen-bond acceptors (Lipinski definition) is 10. The maximum absolute atomic E-state index is 13.9. The van der Waals surface area contributed by atoms with Crippen LogP contribution in [0.1, 0.15) is 22.3 Å². The van der Waals surface area contributed by atoms with Crippen molar-refractivity contribution in [1.29, 1.82) is 0 Å². The average Bonchev–Trinajstić information content (AvgIpc) is 3.57. The molecule has 2 saturated heterocycles. The van der Waals surface area contributed by atoms with Crippen molar-refractivity contribution >= 4 is 34.9 Å². The molecule has 0 bridgehead atoms. The quantitative estimate of drug-likeness (QED) is 0.338. The number of ether oxygens (including phenoxy) is 6. The van der Waals surface area contributed by atoms with Crippen LogP contribution in [0.2, 0.25) is 0 Å². The molecule has 13 nitrogen and oxygen atoms in total. The van der Waals surface area contributed by atoms with E-state index in [1.54, 1.807) is 13.2 Å². The SMILES string of the molecule is COc1ccc2c(c1)c(/C=C1\Oc3cc(OC(=O)N4CCOCC4)cc(OC(=O)N4CCOCC4)c3C1=O)cn2CCCN(C)C. The first kappa shape index (κ1) is 31.4. The van der Waals surface area contributed by atoms with Crippen LogP contribution in [0, 0.1) is 0 Å². The van der Waals surface area contributed by atoms with E-state index in [-0.39, 0.29) is 28.6 Å². The Bertz CT molecular complexity index is 1650. The standard InChI is InChI=1S/C33H38N4O9/c1-34(2)7-4-8-37-21-22(25-18-23(41-3)5-6-26(25)37)17-29-31(38)30-27(45-29)19-24(44-32(39)35-9-13-42-14-10-35)20-28(30)46-33(40)36-11-15-43-16-12-36/h5-6,17-21H,4,7-16H2,1-3H3/b29-17-. The fraction of sp³-hybridized carbons (Fsp3) is 0.424. The highest BCUT2D eigenvalue weighted by molar-refractivity contribution is 6.17. The highest BCUT2D eigenvalue weighted by Gasteiger charge is 2.35. The molecule has 2 amide bonds. The van der Waals surface area contributed by atoms with Gasteiger partial charge in [-0.1, -0.05) is 0 Å². The summed E-state index contributed by atoms with van der Waals surface area (Å²) in [7, 11) is 5.68. The van der Waals surface area contributed by atoms with E-state index in [1.807, 2.05) is 38.5 Å². The van der Waals surface area contributed by atoms with Crippen LogP contribution in [0.3, 0.4) is 0 Å². The lowest BCUT2D eigenvalue weighted by atomic mass is 10.1. The van der Waals surface area contributed by atoms with E-state index in [0.29, 0.717) is 58.4 Å². The van der Waals surface area contributed by atoms with E-state index in [9.17, 15) is 14.4 Å². The summed E-state index contributed by atoms with van der Waals surface area (Å²) in [6.45, 7) is 4.76. The van der Waals surface area contributed by atoms with Gasteiger partial charge in [0.1, 0.15) is 22.8 Å². The number of carbonyl (C=O) groups is 3. The van der Waals surface area contributed by atoms with Crippen LogP contribution in [-0.4, -0.2) is 118 Å². The summed E-state index contributed by atoms with van der Waals surface area (Å²) >= 11 is 0. The number of methoxy groups -OCH3 is 1. The molecular formula is C33H38N4O9. The summed E-state index contributed by atoms with van der Waals surface area (Å²) in [4.78, 5) is 45.0. The van der Waals surface area contributed by atoms with E-state index in [1.165, 1.54) is 21.9 Å². The molecule has 3 aromatic rings. The highest BCUT2D eigenvalue weighted by atomic mass is 16.6. The van der Waals surface area contributed by atoms with Gasteiger partial charge < -0.3 is 47.7 Å². The molecule has 0 aliphatic carbocycles. The minimum atomic E-state index is -0.639. The number of benzene rings is 2. The lowest BCUT2D eigenvalue weighted by Gasteiger charge is -2.26. The van der Waals surface area contributed by atoms with Crippen molar-refractivity contribution in [2.45, 2.75) is 13.0 Å². The van der Waals surface area contributed by atoms with Gasteiger partial charge in [0, 0.05) is 67.5 Å². The van der Waals surface area contributed by atoms with Gasteiger partial charge in [-0.05, 0) is 51.3 Å². The number of ketones is 1. The Morgan fingerprint density at radius 1 is 0.913 bits per heavy atom. The fourth-order valence-electron chi connectivity index (χ4n) is 5.64. The van der Waals surface area contributed by atoms with Gasteiger partial charge in [-0.2, -0.15) is 0 Å². The summed E-state index contributed by atoms with van der Waals surface area (Å²) in [5.41, 5.74) is 1.83. The number of allylic oxidation sites excluding steroid dienone is 1. The zero-order valence-corrected chi connectivity index (χ0v) is 26.3. The van der Waals surface area contributed by atoms with Gasteiger partial charge in [-0.3, -0.25) is 4.79 Å². The smallest absolute Gasteiger partial charge is 0.415 e. The lowest BCUT2D eigenvalue weighted by Crippen LogP contribution is -2.42. The number of hydrogen-bond donors (Lipinski definition) is 0. The van der Waals surface area contributed by atoms with Crippen LogP contribution in [0.4, 0.5) is 9.59 Å². The molecule has 0 radical (unpaired) electrons. The van der Waals surface area contributed by atoms with Crippen LogP contribution >= 0.6 is 0 Å². The summed E-state index contributed by atoms with van der Waals surface area (Å²) in [5, 5.41) is 0.892. The third kappa shape index (κ3) is 6.81. The number of fused-ring (bicyclic) bond motifs is 2. The van der Waals surface area contributed by atoms with E-state index in [2.05, 4.69) is 9.47 Å². The second-order valence-electron chi connectivity index (χ2n) is 11.5. The zero-order valence-electron chi connectivity index (χ0n) is 26.3. The van der Waals surface area contributed by atoms with Crippen molar-refractivity contribution in [2.24, 2.45) is 0 Å². The van der Waals surface area contributed by atoms with Crippen molar-refractivity contribution in [3.05, 3.63) is 53.4 Å². The first-order valence-corrected chi connectivity index (χ1v) is 15.3. The van der Waals surface area contributed by atoms with E-state index >= 15 is 0 Å². The molecule has 3 aliphatic heterocycles. The molecule has 6 rings (SSSR count). The summed E-state index contributed by atoms with van der Waals surface area (Å²) < 4.78 is 35.8. The van der Waals surface area contributed by atoms with Gasteiger partial charge in [0.15, 0.2) is 11.5 Å². The van der Waals surface area contributed by atoms with Gasteiger partial charge in [-0.25, -0.2) is 9.59 Å². The third-order valence-electron chi connectivity index (χ3n) is 8.06. The van der Waals surface area contributed by atoms with Crippen LogP contribution in [-0.2, 0) is 16.0 Å². The van der Waals surface area contributed by atoms with Crippen LogP contribution in [0.5, 0.6) is 23.0 Å². The molecule has 0 atom stereocenters. The Balaban J connectivity index is 1.34. The Morgan fingerprint density at radius 3 is 2.24 bits per heavy atom. The molecule has 244 valence electrons. The molecule has 0 spiro atoms. The maximum atomic E-state index is 13.9. The predicted molar refractivity (Wildman–Crippen MR) is 168 cm³/mol. The molecule has 1 aromatic heterocycles. The summed E-state index contributed by atoms with van der Waals surface area (Å²) in [5.74, 6) is 0.425. The molecule has 2 aromatic carbocycles. The first-order valence-electron chi connectivity index (χ1n) is 15.3. The van der Waals surface area contributed by atoms with Crippen molar-refractivity contribution in [2.75, 3.05) is 80.4 Å². The molecule has 0 saturated carbocycles. The topological polar surface area (TPSA) is 121 Å². The number of aryl methyl sites for hydroxylation is 1. The zero-order chi connectivity index (χ0) is 32.2. The summed E-state index contributed by atoms with van der Waals surface area (Å²) in [6, 6.07) is 8.67. The molecule has 3 aliphatic rings. The number of morpholine rings is 2. The van der Waals surface area contributed by atoms with Crippen molar-refractivity contribution in [3.63, 3.8) is 0 Å². The van der Waals surface area contributed by atoms with E-state index < -0.39 is 18.0 Å². The summed E-state index contributed by atoms with van der Waals surface area (Å²) in [6.07, 6.45) is 3.38. The van der Waals surface area contributed by atoms with Crippen molar-refractivity contribution in [3.8, 4) is 23.0 Å². The first-order chi connectivity index (χ1) is 22.3. The normalized spacial score (nSPS) is 17.4. The van der Waals surface area contributed by atoms with Crippen LogP contribution in [0.25, 0.3) is 17.0 Å². The number of carbonyl (C=O) groups excluding carboxylic acids is 3. The second kappa shape index (κ2) is 13.8. The lowest BCUT2D eigenvalue weighted by molar-refractivity contribution is 0.0409. The van der Waals surface area contributed by atoms with Crippen molar-refractivity contribution < 1.29 is 42.8 Å². The van der Waals surface area contributed by atoms with Gasteiger partial charge in [0.2, 0.25) is 5.78 Å². The monoisotopic (exact) mass is 634 g/mol. The maximum Gasteiger partial charge on any atom is 0.415 e. The number of Topliss-reactive ketones (excluding diaryl/α,β-unsaturated/α-hetero) is 1. The Hall–Kier alpha value is -4.59. The molecule has 13 heteroatoms. The molecule has 0 unspecified atom stereocenters. The van der Waals surface area contributed by atoms with Gasteiger partial charge in [0.05, 0.1) is 33.5 Å². The molecule has 2 fully saturated rings. The van der Waals surface area contributed by atoms with E-state index in [0.717, 1.165) is 36.0 Å². The number of rotatable bonds is 8. The Morgan fingerprint density at radius 2 is 1.59 bits per heavy atom. The average molecular weight is 635 g/mol. The third-order valence-corrected chi connectivity index (χ3v) is 8.06. The van der Waals surface area contributed by atoms with Crippen LogP contribution in [0.15, 0.2) is 42.3 Å². The molecule has 0 N–H and O–H groups in total. The van der Waals surface area contributed by atoms with Gasteiger partial charge >= 0.3 is 12.2 Å². The van der Waals surface area contributed by atoms with Crippen molar-refractivity contribution in [1.82, 2.24) is 19.3 Å². The Labute approximate surface area is 266 Å². The number of amides is 2. The van der Waals surface area contributed by atoms with Gasteiger partial charge in [-0.15, -0.1) is 0 Å². The van der Waals surface area contributed by atoms with E-state index in [4.69, 9.17) is 28.4 Å². The Kier molecular flexibility index (Phi) is 9.43. The van der Waals surface area contributed by atoms with Crippen LogP contribution < -0.4 is 18.9 Å². The highest BCUT2D eigenvalue weighted by Crippen LogP contribution is 2.42. The predicted octanol–water partition coefficient (Wildman–Crippen LogP) is 3.88. The number of aromatic nitrogens is 1. The minimum absolute atomic E-state index is 0.0467. The minimum Gasteiger partial charge on any atom is -0.497 e. The fourth-order valence-corrected chi connectivity index (χ4v) is 5.64. The second-order valence-corrected chi connectivity index (χ2v) is 11.5. The molecule has 46 heavy (non-hydrogen) atoms. The molecule has 4 heterocycles. The molecular weight excluding hydrogens is 596 g/mol. The number of nitrogens with zero attached hydrogens (tertiary/aromatic N) is 4. The largest absolute Gasteiger partial charge is 0.497 e. The van der Waals surface area contributed by atoms with Gasteiger partial charge in [0.25, 0.3) is 0 Å².